The zero-order chi connectivity index (χ0) is 11.3. The van der Waals surface area contributed by atoms with Crippen molar-refractivity contribution >= 4 is 17.5 Å². The Bertz CT molecular complexity index is 338. The molecular weight excluding hydrogens is 210 g/mol. The molecule has 0 saturated heterocycles. The van der Waals surface area contributed by atoms with E-state index in [4.69, 9.17) is 11.6 Å². The molecule has 1 N–H and O–H groups in total. The van der Waals surface area contributed by atoms with Crippen LogP contribution in [0, 0.1) is 6.92 Å². The van der Waals surface area contributed by atoms with Gasteiger partial charge in [-0.3, -0.25) is 4.79 Å². The summed E-state index contributed by atoms with van der Waals surface area (Å²) < 4.78 is 0. The summed E-state index contributed by atoms with van der Waals surface area (Å²) in [7, 11) is 0. The smallest absolute Gasteiger partial charge is 0.251 e. The van der Waals surface area contributed by atoms with Crippen LogP contribution in [-0.2, 0) is 0 Å². The van der Waals surface area contributed by atoms with Crippen molar-refractivity contribution in [1.82, 2.24) is 5.32 Å². The van der Waals surface area contributed by atoms with Gasteiger partial charge >= 0.3 is 0 Å². The van der Waals surface area contributed by atoms with E-state index in [0.29, 0.717) is 5.88 Å². The molecule has 1 atom stereocenters. The van der Waals surface area contributed by atoms with Gasteiger partial charge in [0.15, 0.2) is 0 Å². The zero-order valence-electron chi connectivity index (χ0n) is 9.09. The summed E-state index contributed by atoms with van der Waals surface area (Å²) in [5.41, 5.74) is 1.73. The molecule has 0 spiro atoms. The van der Waals surface area contributed by atoms with Gasteiger partial charge in [-0.25, -0.2) is 0 Å². The molecule has 82 valence electrons. The van der Waals surface area contributed by atoms with Gasteiger partial charge in [-0.15, -0.1) is 11.6 Å². The fraction of sp³-hybridized carbons (Fsp3) is 0.417. The Morgan fingerprint density at radius 3 is 2.73 bits per heavy atom. The molecule has 1 amide bonds. The summed E-state index contributed by atoms with van der Waals surface area (Å²) in [6, 6.07) is 7.68. The summed E-state index contributed by atoms with van der Waals surface area (Å²) in [5, 5.41) is 2.91. The lowest BCUT2D eigenvalue weighted by atomic mass is 10.1. The van der Waals surface area contributed by atoms with Gasteiger partial charge in [0.05, 0.1) is 0 Å². The Labute approximate surface area is 95.6 Å². The molecule has 2 nitrogen and oxygen atoms in total. The molecule has 15 heavy (non-hydrogen) atoms. The number of rotatable bonds is 4. The summed E-state index contributed by atoms with van der Waals surface area (Å²) >= 11 is 5.61. The minimum atomic E-state index is -0.0225. The Morgan fingerprint density at radius 1 is 1.47 bits per heavy atom. The molecule has 1 unspecified atom stereocenters. The molecule has 0 saturated carbocycles. The van der Waals surface area contributed by atoms with Gasteiger partial charge in [-0.1, -0.05) is 18.2 Å². The molecular formula is C12H16ClNO. The predicted octanol–water partition coefficient (Wildman–Crippen LogP) is 2.74. The molecule has 1 aromatic carbocycles. The van der Waals surface area contributed by atoms with Crippen molar-refractivity contribution in [2.24, 2.45) is 0 Å². The van der Waals surface area contributed by atoms with Crippen LogP contribution in [0.4, 0.5) is 0 Å². The van der Waals surface area contributed by atoms with E-state index in [1.165, 1.54) is 0 Å². The Kier molecular flexibility index (Phi) is 4.63. The third kappa shape index (κ3) is 3.56. The van der Waals surface area contributed by atoms with E-state index in [9.17, 15) is 4.79 Å². The number of hydrogen-bond donors (Lipinski definition) is 1. The SMILES string of the molecule is Cc1ccccc1C(=O)NC(C)CCCl. The molecule has 3 heteroatoms. The highest BCUT2D eigenvalue weighted by Crippen LogP contribution is 2.07. The van der Waals surface area contributed by atoms with Crippen LogP contribution >= 0.6 is 11.6 Å². The highest BCUT2D eigenvalue weighted by molar-refractivity contribution is 6.17. The van der Waals surface area contributed by atoms with Gasteiger partial charge in [0.25, 0.3) is 5.91 Å². The summed E-state index contributed by atoms with van der Waals surface area (Å²) in [6.07, 6.45) is 0.791. The van der Waals surface area contributed by atoms with Crippen LogP contribution in [0.15, 0.2) is 24.3 Å². The Balaban J connectivity index is 2.65. The highest BCUT2D eigenvalue weighted by atomic mass is 35.5. The molecule has 0 fully saturated rings. The van der Waals surface area contributed by atoms with Crippen molar-refractivity contribution in [1.29, 1.82) is 0 Å². The van der Waals surface area contributed by atoms with Crippen LogP contribution in [0.1, 0.15) is 29.3 Å². The fourth-order valence-corrected chi connectivity index (χ4v) is 1.69. The first-order valence-electron chi connectivity index (χ1n) is 5.07. The molecule has 0 aliphatic heterocycles. The number of carbonyl (C=O) groups excluding carboxylic acids is 1. The largest absolute Gasteiger partial charge is 0.350 e. The Hall–Kier alpha value is -1.02. The lowest BCUT2D eigenvalue weighted by Crippen LogP contribution is -2.33. The van der Waals surface area contributed by atoms with Gasteiger partial charge in [0.1, 0.15) is 0 Å². The van der Waals surface area contributed by atoms with Gasteiger partial charge in [0.2, 0.25) is 0 Å². The summed E-state index contributed by atoms with van der Waals surface area (Å²) in [4.78, 5) is 11.8. The average molecular weight is 226 g/mol. The zero-order valence-corrected chi connectivity index (χ0v) is 9.84. The molecule has 1 rings (SSSR count). The van der Waals surface area contributed by atoms with E-state index in [2.05, 4.69) is 5.32 Å². The number of nitrogens with one attached hydrogen (secondary N) is 1. The van der Waals surface area contributed by atoms with E-state index in [1.807, 2.05) is 38.1 Å². The van der Waals surface area contributed by atoms with Gasteiger partial charge in [-0.2, -0.15) is 0 Å². The minimum absolute atomic E-state index is 0.0225. The first kappa shape index (κ1) is 12.1. The van der Waals surface area contributed by atoms with Crippen molar-refractivity contribution in [3.05, 3.63) is 35.4 Å². The second kappa shape index (κ2) is 5.76. The van der Waals surface area contributed by atoms with E-state index in [0.717, 1.165) is 17.5 Å². The molecule has 0 heterocycles. The van der Waals surface area contributed by atoms with Crippen molar-refractivity contribution in [3.63, 3.8) is 0 Å². The van der Waals surface area contributed by atoms with E-state index >= 15 is 0 Å². The van der Waals surface area contributed by atoms with Gasteiger partial charge < -0.3 is 5.32 Å². The van der Waals surface area contributed by atoms with Gasteiger partial charge in [0, 0.05) is 17.5 Å². The summed E-state index contributed by atoms with van der Waals surface area (Å²) in [6.45, 7) is 3.89. The van der Waals surface area contributed by atoms with Crippen molar-refractivity contribution in [2.45, 2.75) is 26.3 Å². The number of aryl methyl sites for hydroxylation is 1. The van der Waals surface area contributed by atoms with Crippen LogP contribution in [0.25, 0.3) is 0 Å². The molecule has 0 aliphatic rings. The number of carbonyl (C=O) groups is 1. The van der Waals surface area contributed by atoms with Crippen LogP contribution in [0.5, 0.6) is 0 Å². The third-order valence-corrected chi connectivity index (χ3v) is 2.53. The number of alkyl halides is 1. The highest BCUT2D eigenvalue weighted by Gasteiger charge is 2.10. The first-order chi connectivity index (χ1) is 7.15. The van der Waals surface area contributed by atoms with Crippen LogP contribution in [-0.4, -0.2) is 17.8 Å². The quantitative estimate of drug-likeness (QED) is 0.785. The maximum atomic E-state index is 11.8. The molecule has 0 aromatic heterocycles. The Morgan fingerprint density at radius 2 is 2.13 bits per heavy atom. The number of amides is 1. The topological polar surface area (TPSA) is 29.1 Å². The van der Waals surface area contributed by atoms with E-state index in [1.54, 1.807) is 0 Å². The van der Waals surface area contributed by atoms with Crippen LogP contribution < -0.4 is 5.32 Å². The lowest BCUT2D eigenvalue weighted by molar-refractivity contribution is 0.0939. The maximum absolute atomic E-state index is 11.8. The van der Waals surface area contributed by atoms with Crippen molar-refractivity contribution in [3.8, 4) is 0 Å². The summed E-state index contributed by atoms with van der Waals surface area (Å²) in [5.74, 6) is 0.542. The van der Waals surface area contributed by atoms with Crippen molar-refractivity contribution < 1.29 is 4.79 Å². The maximum Gasteiger partial charge on any atom is 0.251 e. The number of hydrogen-bond acceptors (Lipinski definition) is 1. The average Bonchev–Trinajstić information content (AvgIpc) is 2.18. The third-order valence-electron chi connectivity index (χ3n) is 2.31. The molecule has 0 bridgehead atoms. The predicted molar refractivity (Wildman–Crippen MR) is 63.4 cm³/mol. The number of benzene rings is 1. The standard InChI is InChI=1S/C12H16ClNO/c1-9-5-3-4-6-11(9)12(15)14-10(2)7-8-13/h3-6,10H,7-8H2,1-2H3,(H,14,15). The van der Waals surface area contributed by atoms with E-state index < -0.39 is 0 Å². The van der Waals surface area contributed by atoms with E-state index in [-0.39, 0.29) is 11.9 Å². The number of halogens is 1. The molecule has 0 aliphatic carbocycles. The fourth-order valence-electron chi connectivity index (χ4n) is 1.37. The van der Waals surface area contributed by atoms with Crippen LogP contribution in [0.2, 0.25) is 0 Å². The lowest BCUT2D eigenvalue weighted by Gasteiger charge is -2.13. The first-order valence-corrected chi connectivity index (χ1v) is 5.61. The van der Waals surface area contributed by atoms with Gasteiger partial charge in [-0.05, 0) is 31.9 Å². The molecule has 0 radical (unpaired) electrons. The monoisotopic (exact) mass is 225 g/mol. The second-order valence-electron chi connectivity index (χ2n) is 3.67. The second-order valence-corrected chi connectivity index (χ2v) is 4.05. The molecule has 1 aromatic rings. The van der Waals surface area contributed by atoms with Crippen molar-refractivity contribution in [2.75, 3.05) is 5.88 Å². The van der Waals surface area contributed by atoms with Crippen LogP contribution in [0.3, 0.4) is 0 Å². The minimum Gasteiger partial charge on any atom is -0.350 e. The normalized spacial score (nSPS) is 12.2.